The fourth-order valence-corrected chi connectivity index (χ4v) is 2.08. The molecule has 122 valence electrons. The molecule has 0 spiro atoms. The van der Waals surface area contributed by atoms with Crippen LogP contribution in [0, 0.1) is 0 Å². The predicted molar refractivity (Wildman–Crippen MR) is 90.3 cm³/mol. The van der Waals surface area contributed by atoms with Crippen LogP contribution in [0.2, 0.25) is 0 Å². The third kappa shape index (κ3) is 5.32. The molecule has 0 aromatic carbocycles. The molecule has 2 rings (SSSR count). The quantitative estimate of drug-likeness (QED) is 0.758. The van der Waals surface area contributed by atoms with Crippen molar-refractivity contribution in [3.05, 3.63) is 47.9 Å². The zero-order chi connectivity index (χ0) is 16.5. The molecule has 0 unspecified atom stereocenters. The molecule has 0 radical (unpaired) electrons. The van der Waals surface area contributed by atoms with Crippen molar-refractivity contribution in [2.45, 2.75) is 26.2 Å². The minimum absolute atomic E-state index is 0.119. The lowest BCUT2D eigenvalue weighted by molar-refractivity contribution is 0.0789. The normalized spacial score (nSPS) is 10.3. The summed E-state index contributed by atoms with van der Waals surface area (Å²) in [6.45, 7) is 3.63. The molecule has 0 saturated carbocycles. The topological polar surface area (TPSA) is 71.0 Å². The summed E-state index contributed by atoms with van der Waals surface area (Å²) < 4.78 is 0. The molecule has 2 aromatic heterocycles. The fraction of sp³-hybridized carbons (Fsp3) is 0.412. The number of anilines is 1. The highest BCUT2D eigenvalue weighted by Crippen LogP contribution is 2.06. The van der Waals surface area contributed by atoms with Crippen molar-refractivity contribution < 1.29 is 4.79 Å². The van der Waals surface area contributed by atoms with Gasteiger partial charge in [0.05, 0.1) is 0 Å². The van der Waals surface area contributed by atoms with Crippen molar-refractivity contribution in [2.75, 3.05) is 25.5 Å². The molecule has 2 heterocycles. The van der Waals surface area contributed by atoms with Crippen molar-refractivity contribution in [1.29, 1.82) is 0 Å². The van der Waals surface area contributed by atoms with E-state index in [9.17, 15) is 4.79 Å². The number of hydrogen-bond acceptors (Lipinski definition) is 5. The minimum atomic E-state index is -0.119. The monoisotopic (exact) mass is 313 g/mol. The van der Waals surface area contributed by atoms with Crippen LogP contribution in [0.5, 0.6) is 0 Å². The van der Waals surface area contributed by atoms with Gasteiger partial charge < -0.3 is 10.2 Å². The smallest absolute Gasteiger partial charge is 0.274 e. The number of likely N-dealkylation sites (N-methyl/N-ethyl adjacent to an activating group) is 1. The molecule has 1 amide bonds. The van der Waals surface area contributed by atoms with E-state index in [4.69, 9.17) is 0 Å². The highest BCUT2D eigenvalue weighted by Gasteiger charge is 2.13. The zero-order valence-electron chi connectivity index (χ0n) is 13.7. The van der Waals surface area contributed by atoms with Gasteiger partial charge in [0.25, 0.3) is 5.91 Å². The first-order chi connectivity index (χ1) is 11.2. The van der Waals surface area contributed by atoms with Crippen LogP contribution in [0.15, 0.2) is 36.7 Å². The number of hydrogen-bond donors (Lipinski definition) is 1. The van der Waals surface area contributed by atoms with Gasteiger partial charge in [-0.25, -0.2) is 0 Å². The molecule has 0 fully saturated rings. The Labute approximate surface area is 137 Å². The van der Waals surface area contributed by atoms with E-state index in [1.54, 1.807) is 36.5 Å². The lowest BCUT2D eigenvalue weighted by Crippen LogP contribution is -2.29. The highest BCUT2D eigenvalue weighted by molar-refractivity contribution is 5.92. The highest BCUT2D eigenvalue weighted by atomic mass is 16.2. The molecule has 2 aromatic rings. The molecule has 0 aliphatic heterocycles. The number of pyridine rings is 1. The molecular weight excluding hydrogens is 290 g/mol. The van der Waals surface area contributed by atoms with Gasteiger partial charge in [-0.2, -0.15) is 0 Å². The zero-order valence-corrected chi connectivity index (χ0v) is 13.7. The van der Waals surface area contributed by atoms with E-state index in [0.717, 1.165) is 31.4 Å². The molecule has 0 saturated heterocycles. The van der Waals surface area contributed by atoms with E-state index in [0.29, 0.717) is 18.1 Å². The molecule has 0 atom stereocenters. The molecule has 6 nitrogen and oxygen atoms in total. The summed E-state index contributed by atoms with van der Waals surface area (Å²) in [6, 6.07) is 7.42. The third-order valence-corrected chi connectivity index (χ3v) is 3.55. The second kappa shape index (κ2) is 8.82. The van der Waals surface area contributed by atoms with Crippen LogP contribution in [0.25, 0.3) is 0 Å². The lowest BCUT2D eigenvalue weighted by atomic mass is 10.2. The van der Waals surface area contributed by atoms with E-state index in [-0.39, 0.29) is 5.91 Å². The molecule has 1 N–H and O–H groups in total. The number of carbonyl (C=O) groups is 1. The Balaban J connectivity index is 1.86. The number of nitrogens with zero attached hydrogens (tertiary/aromatic N) is 4. The second-order valence-electron chi connectivity index (χ2n) is 5.42. The van der Waals surface area contributed by atoms with Crippen LogP contribution in [0.3, 0.4) is 0 Å². The fourth-order valence-electron chi connectivity index (χ4n) is 2.08. The number of carbonyl (C=O) groups excluding carboxylic acids is 1. The molecule has 0 aliphatic carbocycles. The number of unbranched alkanes of at least 4 members (excludes halogenated alkanes) is 1. The van der Waals surface area contributed by atoms with E-state index in [1.807, 2.05) is 12.1 Å². The van der Waals surface area contributed by atoms with Crippen molar-refractivity contribution in [1.82, 2.24) is 20.1 Å². The van der Waals surface area contributed by atoms with Crippen molar-refractivity contribution in [3.63, 3.8) is 0 Å². The van der Waals surface area contributed by atoms with Crippen molar-refractivity contribution >= 4 is 11.7 Å². The van der Waals surface area contributed by atoms with E-state index in [1.165, 1.54) is 0 Å². The van der Waals surface area contributed by atoms with E-state index < -0.39 is 0 Å². The first kappa shape index (κ1) is 16.9. The molecule has 0 aliphatic rings. The van der Waals surface area contributed by atoms with E-state index >= 15 is 0 Å². The summed E-state index contributed by atoms with van der Waals surface area (Å²) in [7, 11) is 1.78. The van der Waals surface area contributed by atoms with Crippen LogP contribution in [-0.4, -0.2) is 46.1 Å². The number of aromatic nitrogens is 3. The average molecular weight is 313 g/mol. The van der Waals surface area contributed by atoms with Crippen LogP contribution in [-0.2, 0) is 6.42 Å². The summed E-state index contributed by atoms with van der Waals surface area (Å²) >= 11 is 0. The number of rotatable bonds is 8. The van der Waals surface area contributed by atoms with Gasteiger partial charge in [0.1, 0.15) is 5.82 Å². The van der Waals surface area contributed by atoms with Gasteiger partial charge in [0.2, 0.25) is 0 Å². The van der Waals surface area contributed by atoms with Crippen LogP contribution >= 0.6 is 0 Å². The second-order valence-corrected chi connectivity index (χ2v) is 5.42. The van der Waals surface area contributed by atoms with Gasteiger partial charge in [0, 0.05) is 32.5 Å². The molecule has 0 bridgehead atoms. The molecule has 23 heavy (non-hydrogen) atoms. The summed E-state index contributed by atoms with van der Waals surface area (Å²) in [6.07, 6.45) is 6.51. The SMILES string of the molecule is CCCCNc1ccc(C(=O)N(C)CCc2ccncc2)nn1. The summed E-state index contributed by atoms with van der Waals surface area (Å²) in [5.74, 6) is 0.584. The van der Waals surface area contributed by atoms with Gasteiger partial charge in [-0.15, -0.1) is 10.2 Å². The summed E-state index contributed by atoms with van der Waals surface area (Å²) in [5.41, 5.74) is 1.52. The minimum Gasteiger partial charge on any atom is -0.369 e. The van der Waals surface area contributed by atoms with Gasteiger partial charge in [-0.1, -0.05) is 13.3 Å². The Kier molecular flexibility index (Phi) is 6.47. The summed E-state index contributed by atoms with van der Waals surface area (Å²) in [4.78, 5) is 18.0. The van der Waals surface area contributed by atoms with Crippen molar-refractivity contribution in [2.24, 2.45) is 0 Å². The van der Waals surface area contributed by atoms with Gasteiger partial charge in [-0.3, -0.25) is 9.78 Å². The number of amides is 1. The maximum atomic E-state index is 12.3. The van der Waals surface area contributed by atoms with Crippen LogP contribution in [0.4, 0.5) is 5.82 Å². The average Bonchev–Trinajstić information content (AvgIpc) is 2.61. The Bertz CT molecular complexity index is 600. The molecular formula is C17H23N5O. The third-order valence-electron chi connectivity index (χ3n) is 3.55. The lowest BCUT2D eigenvalue weighted by Gasteiger charge is -2.16. The Hall–Kier alpha value is -2.50. The first-order valence-electron chi connectivity index (χ1n) is 7.92. The van der Waals surface area contributed by atoms with Crippen molar-refractivity contribution in [3.8, 4) is 0 Å². The Morgan fingerprint density at radius 1 is 1.17 bits per heavy atom. The largest absolute Gasteiger partial charge is 0.369 e. The van der Waals surface area contributed by atoms with E-state index in [2.05, 4.69) is 27.4 Å². The van der Waals surface area contributed by atoms with Crippen LogP contribution < -0.4 is 5.32 Å². The standard InChI is InChI=1S/C17H23N5O/c1-3-4-10-19-16-6-5-15(20-21-16)17(23)22(2)13-9-14-7-11-18-12-8-14/h5-8,11-12H,3-4,9-10,13H2,1-2H3,(H,19,21). The van der Waals surface area contributed by atoms with Gasteiger partial charge >= 0.3 is 0 Å². The Morgan fingerprint density at radius 2 is 1.96 bits per heavy atom. The summed E-state index contributed by atoms with van der Waals surface area (Å²) in [5, 5.41) is 11.3. The van der Waals surface area contributed by atoms with Gasteiger partial charge in [0.15, 0.2) is 5.69 Å². The van der Waals surface area contributed by atoms with Crippen LogP contribution in [0.1, 0.15) is 35.8 Å². The predicted octanol–water partition coefficient (Wildman–Crippen LogP) is 2.40. The Morgan fingerprint density at radius 3 is 2.61 bits per heavy atom. The maximum Gasteiger partial charge on any atom is 0.274 e. The first-order valence-corrected chi connectivity index (χ1v) is 7.92. The molecule has 6 heteroatoms. The van der Waals surface area contributed by atoms with Gasteiger partial charge in [-0.05, 0) is 42.7 Å². The number of nitrogens with one attached hydrogen (secondary N) is 1. The maximum absolute atomic E-state index is 12.3.